The summed E-state index contributed by atoms with van der Waals surface area (Å²) < 4.78 is 61.4. The van der Waals surface area contributed by atoms with Gasteiger partial charge in [-0.05, 0) is 116 Å². The first-order valence-corrected chi connectivity index (χ1v) is 36.0. The van der Waals surface area contributed by atoms with Crippen molar-refractivity contribution in [2.75, 3.05) is 131 Å². The lowest BCUT2D eigenvalue weighted by atomic mass is 9.76. The minimum atomic E-state index is -3.54. The molecule has 0 aliphatic heterocycles. The van der Waals surface area contributed by atoms with Crippen molar-refractivity contribution in [3.63, 3.8) is 0 Å². The van der Waals surface area contributed by atoms with Crippen LogP contribution in [0.2, 0.25) is 0 Å². The zero-order chi connectivity index (χ0) is 74.0. The van der Waals surface area contributed by atoms with Crippen LogP contribution in [0.25, 0.3) is 0 Å². The van der Waals surface area contributed by atoms with Crippen molar-refractivity contribution in [3.05, 3.63) is 81.8 Å². The van der Waals surface area contributed by atoms with E-state index in [1.54, 1.807) is 27.7 Å². The van der Waals surface area contributed by atoms with Crippen LogP contribution in [0.15, 0.2) is 48.4 Å². The third-order valence-corrected chi connectivity index (χ3v) is 18.4. The van der Waals surface area contributed by atoms with Crippen molar-refractivity contribution in [1.29, 1.82) is 0 Å². The van der Waals surface area contributed by atoms with E-state index < -0.39 is 111 Å². The zero-order valence-corrected chi connectivity index (χ0v) is 59.6. The van der Waals surface area contributed by atoms with Gasteiger partial charge in [0, 0.05) is 76.3 Å². The summed E-state index contributed by atoms with van der Waals surface area (Å²) in [6, 6.07) is 11.9. The Hall–Kier alpha value is -7.61. The summed E-state index contributed by atoms with van der Waals surface area (Å²) in [7, 11) is -3.54. The predicted octanol–water partition coefficient (Wildman–Crippen LogP) is 4.20. The molecule has 0 aromatic heterocycles. The van der Waals surface area contributed by atoms with Gasteiger partial charge in [-0.1, -0.05) is 70.7 Å². The monoisotopic (exact) mass is 1430 g/mol. The lowest BCUT2D eigenvalue weighted by molar-refractivity contribution is -0.144. The molecule has 6 amide bonds. The Morgan fingerprint density at radius 2 is 0.750 bits per heavy atom. The summed E-state index contributed by atoms with van der Waals surface area (Å²) in [5.41, 5.74) is 5.76. The van der Waals surface area contributed by atoms with Gasteiger partial charge in [-0.15, -0.1) is 0 Å². The maximum atomic E-state index is 14.7. The largest absolute Gasteiger partial charge is 0.481 e. The first-order valence-electron chi connectivity index (χ1n) is 34.3. The molecule has 0 radical (unpaired) electrons. The Balaban J connectivity index is 1.92. The number of alkyl carbamates (subject to hydrolysis) is 1. The first kappa shape index (κ1) is 86.6. The van der Waals surface area contributed by atoms with Gasteiger partial charge < -0.3 is 85.5 Å². The van der Waals surface area contributed by atoms with Gasteiger partial charge in [0.05, 0.1) is 109 Å². The van der Waals surface area contributed by atoms with Gasteiger partial charge >= 0.3 is 30.0 Å². The number of carbonyl (C=O) groups is 10. The number of amides is 6. The first-order chi connectivity index (χ1) is 47.6. The van der Waals surface area contributed by atoms with Crippen LogP contribution in [0.4, 0.5) is 4.79 Å². The fraction of sp³-hybridized carbons (Fsp3) is 0.657. The number of ether oxygens (including phenoxy) is 7. The van der Waals surface area contributed by atoms with Crippen LogP contribution >= 0.6 is 0 Å². The lowest BCUT2D eigenvalue weighted by Gasteiger charge is -2.29. The van der Waals surface area contributed by atoms with Crippen molar-refractivity contribution in [2.45, 2.75) is 124 Å². The second-order valence-electron chi connectivity index (χ2n) is 25.3. The molecule has 30 heteroatoms. The van der Waals surface area contributed by atoms with Crippen LogP contribution in [-0.2, 0) is 112 Å². The highest BCUT2D eigenvalue weighted by Gasteiger charge is 2.36. The zero-order valence-electron chi connectivity index (χ0n) is 58.8. The van der Waals surface area contributed by atoms with E-state index in [2.05, 4.69) is 44.5 Å². The molecule has 0 bridgehead atoms. The number of benzene rings is 2. The molecule has 2 aromatic rings. The summed E-state index contributed by atoms with van der Waals surface area (Å²) in [5, 5.41) is 58.0. The minimum Gasteiger partial charge on any atom is -0.481 e. The number of fused-ring (bicyclic) bond motifs is 2. The highest BCUT2D eigenvalue weighted by atomic mass is 32.2. The molecular weight excluding hydrogens is 1320 g/mol. The van der Waals surface area contributed by atoms with Crippen molar-refractivity contribution >= 4 is 69.3 Å². The van der Waals surface area contributed by atoms with E-state index in [0.717, 1.165) is 33.2 Å². The van der Waals surface area contributed by atoms with Crippen LogP contribution in [0, 0.1) is 41.4 Å². The number of aliphatic carboxylic acids is 4. The number of nitrogens with one attached hydrogen (secondary N) is 6. The number of carboxylic acids is 4. The molecular formula is C70H108N6O23S. The molecule has 0 heterocycles. The molecule has 100 heavy (non-hydrogen) atoms. The minimum absolute atomic E-state index is 0.00312. The fourth-order valence-corrected chi connectivity index (χ4v) is 12.0. The molecule has 1 aliphatic carbocycles. The summed E-state index contributed by atoms with van der Waals surface area (Å²) >= 11 is 0. The van der Waals surface area contributed by atoms with E-state index in [9.17, 15) is 76.8 Å². The van der Waals surface area contributed by atoms with Crippen LogP contribution in [0.5, 0.6) is 0 Å². The summed E-state index contributed by atoms with van der Waals surface area (Å²) in [6.07, 6.45) is 1.48. The normalized spacial score (nSPS) is 14.8. The summed E-state index contributed by atoms with van der Waals surface area (Å²) in [5.74, 6) is -14.2. The Labute approximate surface area is 586 Å². The quantitative estimate of drug-likeness (QED) is 0.0415. The van der Waals surface area contributed by atoms with Gasteiger partial charge in [-0.2, -0.15) is 0 Å². The molecule has 3 rings (SSSR count). The van der Waals surface area contributed by atoms with Gasteiger partial charge in [0.2, 0.25) is 29.5 Å². The fourth-order valence-electron chi connectivity index (χ4n) is 11.5. The third-order valence-electron chi connectivity index (χ3n) is 17.2. The van der Waals surface area contributed by atoms with Gasteiger partial charge in [-0.25, -0.2) is 13.2 Å². The molecule has 8 unspecified atom stereocenters. The van der Waals surface area contributed by atoms with Crippen LogP contribution in [0.3, 0.4) is 0 Å². The molecule has 0 saturated carbocycles. The summed E-state index contributed by atoms with van der Waals surface area (Å²) in [4.78, 5) is 127. The smallest absolute Gasteiger partial charge is 0.407 e. The highest BCUT2D eigenvalue weighted by Crippen LogP contribution is 2.38. The van der Waals surface area contributed by atoms with Crippen molar-refractivity contribution in [2.24, 2.45) is 41.4 Å². The number of rotatable bonds is 54. The third kappa shape index (κ3) is 36.1. The molecule has 0 fully saturated rings. The van der Waals surface area contributed by atoms with E-state index in [1.165, 1.54) is 13.8 Å². The van der Waals surface area contributed by atoms with Gasteiger partial charge in [0.25, 0.3) is 0 Å². The average Bonchev–Trinajstić information content (AvgIpc) is 0.808. The Morgan fingerprint density at radius 1 is 0.410 bits per heavy atom. The van der Waals surface area contributed by atoms with E-state index in [0.29, 0.717) is 44.3 Å². The molecule has 562 valence electrons. The predicted molar refractivity (Wildman–Crippen MR) is 368 cm³/mol. The molecule has 10 N–H and O–H groups in total. The van der Waals surface area contributed by atoms with Crippen LogP contribution in [-0.4, -0.2) is 219 Å². The maximum Gasteiger partial charge on any atom is 0.407 e. The second-order valence-corrected chi connectivity index (χ2v) is 27.3. The molecule has 8 atom stereocenters. The van der Waals surface area contributed by atoms with Crippen molar-refractivity contribution in [3.8, 4) is 0 Å². The lowest BCUT2D eigenvalue weighted by Crippen LogP contribution is -2.41. The Morgan fingerprint density at radius 3 is 1.12 bits per heavy atom. The Bertz CT molecular complexity index is 3020. The standard InChI is InChI=1S/C70H108N6O23S/c1-8-100(91,92)36-35-99-70(90)76-22-28-98-34-33-96-26-20-74-64(80)60(37-46(2)63(79)73-19-25-95-31-29-93-23-17-71-50(6)77)44-61(65(81)75-21-27-97-32-30-94-24-18-72-51(7)78)45-62(69(88)89)43-59(40-49(5)68(86)87)57-16-12-53-9-13-54-41-56(15-11-52(54)10-14-55(53)42-57)58(38-47(3)66(82)83)39-48(4)67(84)85/h8,11-12,15-16,41-42,46-49,58-62H,1,9-10,13-14,17-40,43-45H2,2-7H3,(H,71,77)(H,72,78)(H,73,79)(H,74,80)(H,75,81)(H,76,90)(H,82,83)(H,84,85)(H,86,87)(H,88,89). The number of carbonyl (C=O) groups excluding carboxylic acids is 6. The number of carboxylic acid groups (broad SMARTS) is 4. The number of aryl methyl sites for hydroxylation is 4. The topological polar surface area (TPSA) is 423 Å². The van der Waals surface area contributed by atoms with E-state index in [1.807, 2.05) is 30.3 Å². The van der Waals surface area contributed by atoms with Crippen LogP contribution in [0.1, 0.15) is 132 Å². The van der Waals surface area contributed by atoms with E-state index in [4.69, 9.17) is 33.2 Å². The van der Waals surface area contributed by atoms with Gasteiger partial charge in [0.15, 0.2) is 9.84 Å². The summed E-state index contributed by atoms with van der Waals surface area (Å²) in [6.45, 7) is 14.5. The number of sulfone groups is 1. The Kier molecular flexibility index (Phi) is 41.8. The molecule has 2 aromatic carbocycles. The molecule has 1 aliphatic rings. The number of hydrogen-bond donors (Lipinski definition) is 10. The second kappa shape index (κ2) is 48.3. The number of hydrogen-bond acceptors (Lipinski definition) is 19. The van der Waals surface area contributed by atoms with Gasteiger partial charge in [0.1, 0.15) is 6.61 Å². The van der Waals surface area contributed by atoms with Gasteiger partial charge in [-0.3, -0.25) is 43.2 Å². The average molecular weight is 1430 g/mol. The molecule has 0 spiro atoms. The highest BCUT2D eigenvalue weighted by molar-refractivity contribution is 7.94. The van der Waals surface area contributed by atoms with Crippen LogP contribution < -0.4 is 31.9 Å². The van der Waals surface area contributed by atoms with Crippen molar-refractivity contribution in [1.82, 2.24) is 31.9 Å². The van der Waals surface area contributed by atoms with Crippen molar-refractivity contribution < 1.29 is 110 Å². The molecule has 29 nitrogen and oxygen atoms in total. The van der Waals surface area contributed by atoms with E-state index in [-0.39, 0.29) is 175 Å². The molecule has 0 saturated heterocycles. The maximum absolute atomic E-state index is 14.7. The SMILES string of the molecule is C=CS(=O)(=O)CCOC(=O)NCCOCCOCCNC(=O)C(CC(C)C(=O)NCCOCCOCCNC(C)=O)CC(CC(CC(CC(C)C(=O)O)c1ccc2c(c1)CCc1ccc(C(CC(C)C(=O)O)CC(C)C(=O)O)cc1CC2)C(=O)O)C(=O)NCCOCCOCCNC(C)=O. The van der Waals surface area contributed by atoms with E-state index >= 15 is 0 Å².